The molecule has 1 atom stereocenters. The van der Waals surface area contributed by atoms with Gasteiger partial charge < -0.3 is 10.2 Å². The fraction of sp³-hybridized carbons (Fsp3) is 0.600. The number of hydrogen-bond donors (Lipinski definition) is 1. The summed E-state index contributed by atoms with van der Waals surface area (Å²) in [5, 5.41) is 3.31. The molecule has 20 heavy (non-hydrogen) atoms. The van der Waals surface area contributed by atoms with Crippen LogP contribution in [0.4, 0.5) is 18.9 Å². The third-order valence-corrected chi connectivity index (χ3v) is 3.00. The summed E-state index contributed by atoms with van der Waals surface area (Å²) in [6.45, 7) is 2.72. The maximum atomic E-state index is 12.1. The summed E-state index contributed by atoms with van der Waals surface area (Å²) in [6.07, 6.45) is -4.09. The number of anilines is 1. The van der Waals surface area contributed by atoms with Crippen molar-refractivity contribution in [1.82, 2.24) is 4.90 Å². The van der Waals surface area contributed by atoms with Gasteiger partial charge in [0.05, 0.1) is 0 Å². The van der Waals surface area contributed by atoms with Crippen LogP contribution in [-0.2, 0) is 6.54 Å². The van der Waals surface area contributed by atoms with Crippen LogP contribution in [0, 0.1) is 0 Å². The lowest BCUT2D eigenvalue weighted by atomic mass is 10.1. The SMILES string of the molecule is CC(CCCC(F)(F)F)Nc1ccccc1CN(C)C. The van der Waals surface area contributed by atoms with Crippen molar-refractivity contribution in [2.24, 2.45) is 0 Å². The molecule has 0 aliphatic rings. The first kappa shape index (κ1) is 16.8. The summed E-state index contributed by atoms with van der Waals surface area (Å²) in [5.74, 6) is 0. The second kappa shape index (κ2) is 7.53. The standard InChI is InChI=1S/C15H23F3N2/c1-12(7-6-10-15(16,17)18)19-14-9-5-4-8-13(14)11-20(2)3/h4-5,8-9,12,19H,6-7,10-11H2,1-3H3. The van der Waals surface area contributed by atoms with Crippen LogP contribution in [0.3, 0.4) is 0 Å². The summed E-state index contributed by atoms with van der Waals surface area (Å²) in [4.78, 5) is 2.06. The van der Waals surface area contributed by atoms with Gasteiger partial charge in [0, 0.05) is 24.7 Å². The highest BCUT2D eigenvalue weighted by Gasteiger charge is 2.26. The molecule has 0 aliphatic carbocycles. The topological polar surface area (TPSA) is 15.3 Å². The van der Waals surface area contributed by atoms with Gasteiger partial charge in [0.15, 0.2) is 0 Å². The molecule has 0 aromatic heterocycles. The van der Waals surface area contributed by atoms with Crippen molar-refractivity contribution < 1.29 is 13.2 Å². The molecule has 1 N–H and O–H groups in total. The van der Waals surface area contributed by atoms with Crippen molar-refractivity contribution in [2.45, 2.75) is 44.9 Å². The molecule has 2 nitrogen and oxygen atoms in total. The summed E-state index contributed by atoms with van der Waals surface area (Å²) >= 11 is 0. The zero-order chi connectivity index (χ0) is 15.2. The molecule has 0 fully saturated rings. The van der Waals surface area contributed by atoms with E-state index in [1.54, 1.807) is 0 Å². The lowest BCUT2D eigenvalue weighted by Gasteiger charge is -2.20. The first-order valence-electron chi connectivity index (χ1n) is 6.84. The van der Waals surface area contributed by atoms with Crippen molar-refractivity contribution in [3.05, 3.63) is 29.8 Å². The van der Waals surface area contributed by atoms with Crippen LogP contribution in [0.5, 0.6) is 0 Å². The van der Waals surface area contributed by atoms with E-state index in [2.05, 4.69) is 10.2 Å². The molecule has 0 aliphatic heterocycles. The normalized spacial score (nSPS) is 13.6. The molecule has 0 saturated heterocycles. The van der Waals surface area contributed by atoms with E-state index in [1.165, 1.54) is 0 Å². The van der Waals surface area contributed by atoms with Gasteiger partial charge in [-0.2, -0.15) is 13.2 Å². The van der Waals surface area contributed by atoms with Crippen LogP contribution >= 0.6 is 0 Å². The molecule has 1 aromatic carbocycles. The number of halogens is 3. The number of nitrogens with one attached hydrogen (secondary N) is 1. The Balaban J connectivity index is 2.51. The lowest BCUT2D eigenvalue weighted by Crippen LogP contribution is -2.19. The van der Waals surface area contributed by atoms with Crippen LogP contribution in [0.2, 0.25) is 0 Å². The highest BCUT2D eigenvalue weighted by molar-refractivity contribution is 5.51. The maximum Gasteiger partial charge on any atom is 0.389 e. The number of alkyl halides is 3. The number of para-hydroxylation sites is 1. The third kappa shape index (κ3) is 6.80. The predicted octanol–water partition coefficient (Wildman–Crippen LogP) is 4.28. The Morgan fingerprint density at radius 1 is 1.20 bits per heavy atom. The van der Waals surface area contributed by atoms with E-state index in [1.807, 2.05) is 45.3 Å². The van der Waals surface area contributed by atoms with Crippen LogP contribution in [0.1, 0.15) is 31.7 Å². The second-order valence-corrected chi connectivity index (χ2v) is 5.45. The number of hydrogen-bond acceptors (Lipinski definition) is 2. The summed E-state index contributed by atoms with van der Waals surface area (Å²) < 4.78 is 36.3. The van der Waals surface area contributed by atoms with E-state index in [0.717, 1.165) is 17.8 Å². The fourth-order valence-electron chi connectivity index (χ4n) is 2.09. The second-order valence-electron chi connectivity index (χ2n) is 5.45. The molecule has 1 aromatic rings. The van der Waals surface area contributed by atoms with Gasteiger partial charge >= 0.3 is 6.18 Å². The van der Waals surface area contributed by atoms with E-state index in [4.69, 9.17) is 0 Å². The van der Waals surface area contributed by atoms with E-state index in [-0.39, 0.29) is 12.5 Å². The van der Waals surface area contributed by atoms with Crippen LogP contribution in [0.15, 0.2) is 24.3 Å². The molecule has 0 heterocycles. The quantitative estimate of drug-likeness (QED) is 0.805. The van der Waals surface area contributed by atoms with Crippen molar-refractivity contribution in [2.75, 3.05) is 19.4 Å². The average Bonchev–Trinajstić information content (AvgIpc) is 2.29. The Kier molecular flexibility index (Phi) is 6.33. The highest BCUT2D eigenvalue weighted by atomic mass is 19.4. The van der Waals surface area contributed by atoms with Gasteiger partial charge in [0.25, 0.3) is 0 Å². The van der Waals surface area contributed by atoms with Gasteiger partial charge in [0.1, 0.15) is 0 Å². The van der Waals surface area contributed by atoms with Crippen LogP contribution in [-0.4, -0.2) is 31.2 Å². The lowest BCUT2D eigenvalue weighted by molar-refractivity contribution is -0.135. The monoisotopic (exact) mass is 288 g/mol. The van der Waals surface area contributed by atoms with Gasteiger partial charge in [0.2, 0.25) is 0 Å². The Labute approximate surface area is 119 Å². The Hall–Kier alpha value is -1.23. The molecule has 1 rings (SSSR count). The van der Waals surface area contributed by atoms with Gasteiger partial charge in [-0.05, 0) is 45.5 Å². The Morgan fingerprint density at radius 2 is 1.85 bits per heavy atom. The third-order valence-electron chi connectivity index (χ3n) is 3.00. The smallest absolute Gasteiger partial charge is 0.382 e. The minimum absolute atomic E-state index is 0.0284. The molecule has 5 heteroatoms. The molecular formula is C15H23F3N2. The zero-order valence-electron chi connectivity index (χ0n) is 12.3. The molecule has 1 unspecified atom stereocenters. The van der Waals surface area contributed by atoms with E-state index in [9.17, 15) is 13.2 Å². The van der Waals surface area contributed by atoms with Crippen molar-refractivity contribution in [3.8, 4) is 0 Å². The van der Waals surface area contributed by atoms with Crippen molar-refractivity contribution in [3.63, 3.8) is 0 Å². The van der Waals surface area contributed by atoms with E-state index < -0.39 is 12.6 Å². The minimum Gasteiger partial charge on any atom is -0.382 e. The first-order chi connectivity index (χ1) is 9.28. The minimum atomic E-state index is -4.05. The van der Waals surface area contributed by atoms with Crippen LogP contribution in [0.25, 0.3) is 0 Å². The van der Waals surface area contributed by atoms with Gasteiger partial charge in [-0.15, -0.1) is 0 Å². The molecular weight excluding hydrogens is 265 g/mol. The number of benzene rings is 1. The van der Waals surface area contributed by atoms with Gasteiger partial charge in [-0.3, -0.25) is 0 Å². The average molecular weight is 288 g/mol. The van der Waals surface area contributed by atoms with Crippen molar-refractivity contribution in [1.29, 1.82) is 0 Å². The summed E-state index contributed by atoms with van der Waals surface area (Å²) in [7, 11) is 3.98. The Morgan fingerprint density at radius 3 is 2.45 bits per heavy atom. The molecule has 0 amide bonds. The first-order valence-corrected chi connectivity index (χ1v) is 6.84. The summed E-state index contributed by atoms with van der Waals surface area (Å²) in [6, 6.07) is 7.94. The highest BCUT2D eigenvalue weighted by Crippen LogP contribution is 2.24. The van der Waals surface area contributed by atoms with E-state index >= 15 is 0 Å². The van der Waals surface area contributed by atoms with Gasteiger partial charge in [-0.1, -0.05) is 18.2 Å². The maximum absolute atomic E-state index is 12.1. The summed E-state index contributed by atoms with van der Waals surface area (Å²) in [5.41, 5.74) is 2.15. The van der Waals surface area contributed by atoms with Crippen molar-refractivity contribution >= 4 is 5.69 Å². The molecule has 0 radical (unpaired) electrons. The number of nitrogens with zero attached hydrogens (tertiary/aromatic N) is 1. The molecule has 0 bridgehead atoms. The van der Waals surface area contributed by atoms with Crippen LogP contribution < -0.4 is 5.32 Å². The zero-order valence-corrected chi connectivity index (χ0v) is 12.3. The predicted molar refractivity (Wildman–Crippen MR) is 76.8 cm³/mol. The Bertz CT molecular complexity index is 402. The number of rotatable bonds is 7. The van der Waals surface area contributed by atoms with Gasteiger partial charge in [-0.25, -0.2) is 0 Å². The van der Waals surface area contributed by atoms with E-state index in [0.29, 0.717) is 6.42 Å². The molecule has 0 spiro atoms. The molecule has 0 saturated carbocycles. The molecule has 114 valence electrons. The largest absolute Gasteiger partial charge is 0.389 e. The fourth-order valence-corrected chi connectivity index (χ4v) is 2.09.